The number of carbonyl (C=O) groups excluding carboxylic acids is 2. The van der Waals surface area contributed by atoms with Crippen LogP contribution in [0.4, 0.5) is 10.5 Å². The Hall–Kier alpha value is -2.73. The summed E-state index contributed by atoms with van der Waals surface area (Å²) >= 11 is 0.936. The number of benzene rings is 2. The van der Waals surface area contributed by atoms with Gasteiger partial charge >= 0.3 is 0 Å². The van der Waals surface area contributed by atoms with Crippen LogP contribution in [0.3, 0.4) is 0 Å². The molecular formula is C20H19NO4S. The molecule has 0 bridgehead atoms. The Balaban J connectivity index is 1.96. The van der Waals surface area contributed by atoms with Crippen LogP contribution in [0, 0.1) is 13.8 Å². The topological polar surface area (TPSA) is 55.8 Å². The van der Waals surface area contributed by atoms with Crippen LogP contribution in [-0.2, 0) is 4.79 Å². The number of amides is 2. The minimum absolute atomic E-state index is 0.296. The second-order valence-corrected chi connectivity index (χ2v) is 6.84. The molecule has 0 N–H and O–H groups in total. The standard InChI is InChI=1S/C20H19NO4S/c1-12-6-5-7-15(13(12)2)21-19(22)18(26-20(21)23)11-14-8-9-16(24-3)17(10-14)25-4/h5-11H,1-4H3/b18-11-. The first-order valence-corrected chi connectivity index (χ1v) is 8.84. The maximum absolute atomic E-state index is 12.8. The van der Waals surface area contributed by atoms with Gasteiger partial charge < -0.3 is 9.47 Å². The van der Waals surface area contributed by atoms with Gasteiger partial charge in [0.1, 0.15) is 0 Å². The summed E-state index contributed by atoms with van der Waals surface area (Å²) in [5.41, 5.74) is 3.34. The number of imide groups is 1. The number of anilines is 1. The predicted octanol–water partition coefficient (Wildman–Crippen LogP) is 4.56. The first-order chi connectivity index (χ1) is 12.5. The fraction of sp³-hybridized carbons (Fsp3) is 0.200. The summed E-state index contributed by atoms with van der Waals surface area (Å²) in [4.78, 5) is 26.9. The average Bonchev–Trinajstić information content (AvgIpc) is 2.91. The lowest BCUT2D eigenvalue weighted by Crippen LogP contribution is -2.28. The van der Waals surface area contributed by atoms with Gasteiger partial charge in [0.05, 0.1) is 24.8 Å². The van der Waals surface area contributed by atoms with E-state index in [-0.39, 0.29) is 11.1 Å². The van der Waals surface area contributed by atoms with Crippen LogP contribution in [-0.4, -0.2) is 25.4 Å². The highest BCUT2D eigenvalue weighted by atomic mass is 32.2. The molecule has 0 spiro atoms. The molecule has 5 nitrogen and oxygen atoms in total. The molecule has 0 unspecified atom stereocenters. The number of thioether (sulfide) groups is 1. The Morgan fingerprint density at radius 3 is 2.42 bits per heavy atom. The maximum atomic E-state index is 12.8. The van der Waals surface area contributed by atoms with Crippen molar-refractivity contribution >= 4 is 34.7 Å². The molecule has 0 aliphatic carbocycles. The van der Waals surface area contributed by atoms with Crippen molar-refractivity contribution in [1.82, 2.24) is 0 Å². The van der Waals surface area contributed by atoms with Crippen molar-refractivity contribution in [2.75, 3.05) is 19.1 Å². The smallest absolute Gasteiger partial charge is 0.298 e. The van der Waals surface area contributed by atoms with Crippen LogP contribution in [0.15, 0.2) is 41.3 Å². The van der Waals surface area contributed by atoms with Gasteiger partial charge in [0.25, 0.3) is 11.1 Å². The highest BCUT2D eigenvalue weighted by molar-refractivity contribution is 8.19. The lowest BCUT2D eigenvalue weighted by Gasteiger charge is -2.16. The molecule has 2 aromatic carbocycles. The summed E-state index contributed by atoms with van der Waals surface area (Å²) in [6.45, 7) is 3.86. The third-order valence-corrected chi connectivity index (χ3v) is 5.19. The van der Waals surface area contributed by atoms with Gasteiger partial charge in [0.15, 0.2) is 11.5 Å². The van der Waals surface area contributed by atoms with Crippen molar-refractivity contribution in [2.24, 2.45) is 0 Å². The minimum atomic E-state index is -0.316. The number of hydrogen-bond donors (Lipinski definition) is 0. The number of hydrogen-bond acceptors (Lipinski definition) is 5. The maximum Gasteiger partial charge on any atom is 0.298 e. The number of nitrogens with zero attached hydrogens (tertiary/aromatic N) is 1. The third-order valence-electron chi connectivity index (χ3n) is 4.32. The van der Waals surface area contributed by atoms with Gasteiger partial charge in [-0.3, -0.25) is 9.59 Å². The van der Waals surface area contributed by atoms with Crippen LogP contribution in [0.2, 0.25) is 0 Å². The van der Waals surface area contributed by atoms with E-state index in [4.69, 9.17) is 9.47 Å². The number of ether oxygens (including phenoxy) is 2. The first kappa shape index (κ1) is 18.1. The first-order valence-electron chi connectivity index (χ1n) is 8.02. The predicted molar refractivity (Wildman–Crippen MR) is 104 cm³/mol. The number of methoxy groups -OCH3 is 2. The Labute approximate surface area is 156 Å². The zero-order valence-corrected chi connectivity index (χ0v) is 15.8. The van der Waals surface area contributed by atoms with Gasteiger partial charge in [-0.15, -0.1) is 0 Å². The van der Waals surface area contributed by atoms with Crippen molar-refractivity contribution in [3.05, 3.63) is 58.0 Å². The van der Waals surface area contributed by atoms with Gasteiger partial charge in [0, 0.05) is 0 Å². The van der Waals surface area contributed by atoms with E-state index < -0.39 is 0 Å². The van der Waals surface area contributed by atoms with Crippen LogP contribution < -0.4 is 14.4 Å². The Morgan fingerprint density at radius 2 is 1.73 bits per heavy atom. The van der Waals surface area contributed by atoms with E-state index in [1.165, 1.54) is 4.90 Å². The molecule has 1 heterocycles. The highest BCUT2D eigenvalue weighted by Crippen LogP contribution is 2.38. The van der Waals surface area contributed by atoms with E-state index >= 15 is 0 Å². The van der Waals surface area contributed by atoms with Gasteiger partial charge in [-0.2, -0.15) is 0 Å². The molecule has 2 aromatic rings. The zero-order chi connectivity index (χ0) is 18.8. The van der Waals surface area contributed by atoms with Crippen molar-refractivity contribution in [3.8, 4) is 11.5 Å². The van der Waals surface area contributed by atoms with Crippen molar-refractivity contribution in [1.29, 1.82) is 0 Å². The second-order valence-electron chi connectivity index (χ2n) is 5.85. The Bertz CT molecular complexity index is 920. The van der Waals surface area contributed by atoms with E-state index in [9.17, 15) is 9.59 Å². The lowest BCUT2D eigenvalue weighted by atomic mass is 10.1. The number of aryl methyl sites for hydroxylation is 1. The second kappa shape index (κ2) is 7.25. The summed E-state index contributed by atoms with van der Waals surface area (Å²) in [5.74, 6) is 0.853. The molecule has 26 heavy (non-hydrogen) atoms. The quantitative estimate of drug-likeness (QED) is 0.740. The van der Waals surface area contributed by atoms with Crippen LogP contribution >= 0.6 is 11.8 Å². The molecule has 1 aliphatic heterocycles. The van der Waals surface area contributed by atoms with E-state index in [0.717, 1.165) is 28.5 Å². The summed E-state index contributed by atoms with van der Waals surface area (Å²) < 4.78 is 10.5. The third kappa shape index (κ3) is 3.20. The summed E-state index contributed by atoms with van der Waals surface area (Å²) in [6.07, 6.45) is 1.69. The molecule has 3 rings (SSSR count). The van der Waals surface area contributed by atoms with E-state index in [1.807, 2.05) is 32.0 Å². The van der Waals surface area contributed by atoms with Crippen molar-refractivity contribution < 1.29 is 19.1 Å². The van der Waals surface area contributed by atoms with Crippen molar-refractivity contribution in [2.45, 2.75) is 13.8 Å². The molecule has 1 aliphatic rings. The molecule has 1 fully saturated rings. The van der Waals surface area contributed by atoms with Crippen LogP contribution in [0.5, 0.6) is 11.5 Å². The molecule has 0 atom stereocenters. The fourth-order valence-electron chi connectivity index (χ4n) is 2.75. The Morgan fingerprint density at radius 1 is 1.00 bits per heavy atom. The normalized spacial score (nSPS) is 15.7. The Kier molecular flexibility index (Phi) is 5.04. The monoisotopic (exact) mass is 369 g/mol. The number of rotatable bonds is 4. The average molecular weight is 369 g/mol. The fourth-order valence-corrected chi connectivity index (χ4v) is 3.58. The largest absolute Gasteiger partial charge is 0.493 e. The molecule has 0 saturated carbocycles. The number of carbonyl (C=O) groups is 2. The summed E-state index contributed by atoms with van der Waals surface area (Å²) in [7, 11) is 3.11. The van der Waals surface area contributed by atoms with Gasteiger partial charge in [-0.05, 0) is 66.6 Å². The zero-order valence-electron chi connectivity index (χ0n) is 15.0. The van der Waals surface area contributed by atoms with Gasteiger partial charge in [-0.1, -0.05) is 18.2 Å². The lowest BCUT2D eigenvalue weighted by molar-refractivity contribution is -0.113. The van der Waals surface area contributed by atoms with Crippen LogP contribution in [0.25, 0.3) is 6.08 Å². The van der Waals surface area contributed by atoms with E-state index in [2.05, 4.69) is 0 Å². The SMILES string of the molecule is COc1ccc(/C=C2\SC(=O)N(c3cccc(C)c3C)C2=O)cc1OC. The molecule has 0 aromatic heterocycles. The molecule has 2 amide bonds. The van der Waals surface area contributed by atoms with E-state index in [0.29, 0.717) is 22.1 Å². The minimum Gasteiger partial charge on any atom is -0.493 e. The highest BCUT2D eigenvalue weighted by Gasteiger charge is 2.37. The van der Waals surface area contributed by atoms with E-state index in [1.54, 1.807) is 38.5 Å². The molecule has 6 heteroatoms. The molecule has 0 radical (unpaired) electrons. The van der Waals surface area contributed by atoms with Gasteiger partial charge in [-0.25, -0.2) is 4.90 Å². The molecule has 1 saturated heterocycles. The van der Waals surface area contributed by atoms with Gasteiger partial charge in [0.2, 0.25) is 0 Å². The molecule has 134 valence electrons. The van der Waals surface area contributed by atoms with Crippen molar-refractivity contribution in [3.63, 3.8) is 0 Å². The molecular weight excluding hydrogens is 350 g/mol. The van der Waals surface area contributed by atoms with Crippen LogP contribution in [0.1, 0.15) is 16.7 Å². The summed E-state index contributed by atoms with van der Waals surface area (Å²) in [5, 5.41) is -0.296. The summed E-state index contributed by atoms with van der Waals surface area (Å²) in [6, 6.07) is 10.9.